The molecule has 0 saturated carbocycles. The fourth-order valence-corrected chi connectivity index (χ4v) is 5.50. The molecule has 1 aliphatic heterocycles. The predicted molar refractivity (Wildman–Crippen MR) is 196 cm³/mol. The summed E-state index contributed by atoms with van der Waals surface area (Å²) < 4.78 is 0. The third-order valence-electron chi connectivity index (χ3n) is 8.76. The van der Waals surface area contributed by atoms with Crippen LogP contribution in [0.4, 0.5) is 0 Å². The third-order valence-corrected chi connectivity index (χ3v) is 8.76. The Morgan fingerprint density at radius 1 is 0.830 bits per heavy atom. The molecule has 294 valence electrons. The molecular weight excluding hydrogens is 688 g/mol. The first kappa shape index (κ1) is 44.1. The van der Waals surface area contributed by atoms with E-state index < -0.39 is 96.7 Å². The summed E-state index contributed by atoms with van der Waals surface area (Å²) in [4.78, 5) is 96.3. The first-order chi connectivity index (χ1) is 25.1. The maximum absolute atomic E-state index is 13.7. The Hall–Kier alpha value is -5.06. The van der Waals surface area contributed by atoms with Crippen LogP contribution in [0.3, 0.4) is 0 Å². The lowest BCUT2D eigenvalue weighted by Crippen LogP contribution is -2.61. The van der Waals surface area contributed by atoms with Crippen molar-refractivity contribution in [1.29, 1.82) is 0 Å². The molecule has 7 atom stereocenters. The number of aromatic hydroxyl groups is 1. The molecule has 1 unspecified atom stereocenters. The van der Waals surface area contributed by atoms with E-state index in [4.69, 9.17) is 0 Å². The van der Waals surface area contributed by atoms with E-state index in [2.05, 4.69) is 42.2 Å². The van der Waals surface area contributed by atoms with Gasteiger partial charge < -0.3 is 47.4 Å². The highest BCUT2D eigenvalue weighted by Gasteiger charge is 2.34. The van der Waals surface area contributed by atoms with Crippen molar-refractivity contribution in [3.63, 3.8) is 0 Å². The molecule has 1 aromatic carbocycles. The first-order valence-corrected chi connectivity index (χ1v) is 18.0. The highest BCUT2D eigenvalue weighted by Crippen LogP contribution is 2.14. The van der Waals surface area contributed by atoms with Gasteiger partial charge in [-0.1, -0.05) is 60.1 Å². The predicted octanol–water partition coefficient (Wildman–Crippen LogP) is -1.20. The summed E-state index contributed by atoms with van der Waals surface area (Å²) in [6.45, 7) is 9.41. The number of hydrogen-bond acceptors (Lipinski definition) is 10. The largest absolute Gasteiger partial charge is 0.508 e. The number of amides is 7. The molecule has 1 heterocycles. The van der Waals surface area contributed by atoms with Crippen molar-refractivity contribution in [3.05, 3.63) is 29.8 Å². The minimum atomic E-state index is -1.48. The van der Waals surface area contributed by atoms with Crippen LogP contribution < -0.4 is 37.2 Å². The van der Waals surface area contributed by atoms with Crippen LogP contribution in [0.15, 0.2) is 29.3 Å². The van der Waals surface area contributed by atoms with Gasteiger partial charge in [0.2, 0.25) is 41.9 Å². The van der Waals surface area contributed by atoms with E-state index in [0.29, 0.717) is 24.8 Å². The third kappa shape index (κ3) is 14.8. The normalized spacial score (nSPS) is 25.5. The molecule has 0 spiro atoms. The van der Waals surface area contributed by atoms with Crippen LogP contribution in [0.25, 0.3) is 0 Å². The lowest BCUT2D eigenvalue weighted by molar-refractivity contribution is -0.136. The van der Waals surface area contributed by atoms with Crippen LogP contribution in [0.5, 0.6) is 5.75 Å². The Balaban J connectivity index is 2.60. The molecule has 2 rings (SSSR count). The maximum Gasteiger partial charge on any atom is 0.245 e. The summed E-state index contributed by atoms with van der Waals surface area (Å²) in [6.07, 6.45) is 2.71. The molecule has 0 saturated heterocycles. The van der Waals surface area contributed by atoms with Crippen LogP contribution >= 0.6 is 0 Å². The SMILES string of the molecule is CC[C@H](C)[C@@H]1NC(=O)C(CCNC=O)NC(=O)CNC(=O)[C@H](Cc2ccc(O)cc2)/N=C\[C@H](CC(C)C)NC(=O)[C@H](C(C)C)NC(=O)[C@H](CO)NC1=O. The summed E-state index contributed by atoms with van der Waals surface area (Å²) in [5.41, 5.74) is 0.652. The van der Waals surface area contributed by atoms with Crippen molar-refractivity contribution in [1.82, 2.24) is 37.2 Å². The van der Waals surface area contributed by atoms with E-state index in [1.165, 1.54) is 18.3 Å². The average molecular weight is 745 g/mol. The van der Waals surface area contributed by atoms with Gasteiger partial charge in [-0.2, -0.15) is 0 Å². The van der Waals surface area contributed by atoms with Crippen molar-refractivity contribution in [2.75, 3.05) is 19.7 Å². The second-order valence-electron chi connectivity index (χ2n) is 14.0. The highest BCUT2D eigenvalue weighted by atomic mass is 16.3. The standard InChI is InChI=1S/C36H56N8O9/c1-7-22(6)31-36(53)42-28(18-45)34(51)43-30(21(4)5)35(52)40-24(14-20(2)3)16-38-27(15-23-8-10-25(47)11-9-23)32(49)39-17-29(48)41-26(33(50)44-31)12-13-37-19-46/h8-11,16,19-22,24,26-28,30-31,45,47H,7,12-15,17-18H2,1-6H3,(H,37,46)(H,39,49)(H,40,52)(H,41,48)(H,42,53)(H,43,51)(H,44,50)/b38-16-/t22-,24-,26?,27-,28-,30-,31-/m0/s1. The summed E-state index contributed by atoms with van der Waals surface area (Å²) >= 11 is 0. The lowest BCUT2D eigenvalue weighted by Gasteiger charge is -2.29. The molecule has 0 fully saturated rings. The van der Waals surface area contributed by atoms with Crippen LogP contribution in [0.1, 0.15) is 66.4 Å². The molecule has 0 aromatic heterocycles. The van der Waals surface area contributed by atoms with E-state index in [1.807, 2.05) is 13.8 Å². The monoisotopic (exact) mass is 744 g/mol. The van der Waals surface area contributed by atoms with Gasteiger partial charge in [-0.25, -0.2) is 0 Å². The molecule has 7 amide bonds. The van der Waals surface area contributed by atoms with Crippen LogP contribution in [0.2, 0.25) is 0 Å². The van der Waals surface area contributed by atoms with E-state index in [1.54, 1.807) is 39.8 Å². The number of nitrogens with zero attached hydrogens (tertiary/aromatic N) is 1. The van der Waals surface area contributed by atoms with Crippen LogP contribution in [-0.2, 0) is 40.0 Å². The van der Waals surface area contributed by atoms with Crippen molar-refractivity contribution in [2.24, 2.45) is 22.7 Å². The van der Waals surface area contributed by atoms with Crippen LogP contribution in [-0.4, -0.2) is 114 Å². The number of carbonyl (C=O) groups is 7. The smallest absolute Gasteiger partial charge is 0.245 e. The topological polar surface area (TPSA) is 257 Å². The number of aliphatic imine (C=N–C) groups is 1. The molecular formula is C36H56N8O9. The van der Waals surface area contributed by atoms with E-state index in [0.717, 1.165) is 0 Å². The number of phenolic OH excluding ortho intramolecular Hbond substituents is 1. The summed E-state index contributed by atoms with van der Waals surface area (Å²) in [5.74, 6) is -5.12. The Bertz CT molecular complexity index is 1440. The molecule has 0 radical (unpaired) electrons. The zero-order valence-corrected chi connectivity index (χ0v) is 31.3. The van der Waals surface area contributed by atoms with Gasteiger partial charge in [-0.3, -0.25) is 38.6 Å². The number of hydrogen-bond donors (Lipinski definition) is 9. The number of phenols is 1. The van der Waals surface area contributed by atoms with Gasteiger partial charge in [0.15, 0.2) is 0 Å². The zero-order chi connectivity index (χ0) is 39.7. The molecule has 53 heavy (non-hydrogen) atoms. The molecule has 1 aromatic rings. The van der Waals surface area contributed by atoms with Gasteiger partial charge >= 0.3 is 0 Å². The van der Waals surface area contributed by atoms with Gasteiger partial charge in [0, 0.05) is 19.2 Å². The lowest BCUT2D eigenvalue weighted by atomic mass is 9.97. The van der Waals surface area contributed by atoms with Crippen molar-refractivity contribution in [3.8, 4) is 5.75 Å². The van der Waals surface area contributed by atoms with Gasteiger partial charge in [-0.15, -0.1) is 0 Å². The fourth-order valence-electron chi connectivity index (χ4n) is 5.50. The number of aliphatic hydroxyl groups excluding tert-OH is 1. The average Bonchev–Trinajstić information content (AvgIpc) is 3.11. The molecule has 9 N–H and O–H groups in total. The van der Waals surface area contributed by atoms with Crippen LogP contribution in [0, 0.1) is 17.8 Å². The molecule has 17 heteroatoms. The number of carbonyl (C=O) groups excluding carboxylic acids is 7. The number of aliphatic hydroxyl groups is 1. The van der Waals surface area contributed by atoms with E-state index >= 15 is 0 Å². The Morgan fingerprint density at radius 3 is 2.04 bits per heavy atom. The molecule has 0 bridgehead atoms. The maximum atomic E-state index is 13.7. The molecule has 17 nitrogen and oxygen atoms in total. The number of nitrogens with one attached hydrogen (secondary N) is 7. The fraction of sp³-hybridized carbons (Fsp3) is 0.611. The highest BCUT2D eigenvalue weighted by molar-refractivity contribution is 5.97. The number of benzene rings is 1. The summed E-state index contributed by atoms with van der Waals surface area (Å²) in [6, 6.07) is -0.630. The Labute approximate surface area is 310 Å². The first-order valence-electron chi connectivity index (χ1n) is 18.0. The van der Waals surface area contributed by atoms with Gasteiger partial charge in [0.05, 0.1) is 19.2 Å². The molecule has 1 aliphatic rings. The Kier molecular flexibility index (Phi) is 18.4. The summed E-state index contributed by atoms with van der Waals surface area (Å²) in [7, 11) is 0. The zero-order valence-electron chi connectivity index (χ0n) is 31.3. The van der Waals surface area contributed by atoms with E-state index in [-0.39, 0.29) is 31.1 Å². The Morgan fingerprint density at radius 2 is 1.45 bits per heavy atom. The van der Waals surface area contributed by atoms with Crippen molar-refractivity contribution in [2.45, 2.75) is 103 Å². The number of rotatable bonds is 12. The minimum Gasteiger partial charge on any atom is -0.508 e. The summed E-state index contributed by atoms with van der Waals surface area (Å²) in [5, 5.41) is 38.0. The second-order valence-corrected chi connectivity index (χ2v) is 14.0. The second kappa shape index (κ2) is 22.1. The molecule has 0 aliphatic carbocycles. The van der Waals surface area contributed by atoms with Gasteiger partial charge in [0.25, 0.3) is 0 Å². The minimum absolute atomic E-state index is 0.00802. The van der Waals surface area contributed by atoms with Crippen molar-refractivity contribution < 1.29 is 43.8 Å². The van der Waals surface area contributed by atoms with Gasteiger partial charge in [-0.05, 0) is 48.3 Å². The quantitative estimate of drug-likeness (QED) is 0.0920. The van der Waals surface area contributed by atoms with Crippen molar-refractivity contribution >= 4 is 48.1 Å². The van der Waals surface area contributed by atoms with E-state index in [9.17, 15) is 43.8 Å². The van der Waals surface area contributed by atoms with Gasteiger partial charge in [0.1, 0.15) is 36.0 Å².